The molecule has 21 heavy (non-hydrogen) atoms. The van der Waals surface area contributed by atoms with Gasteiger partial charge in [0.05, 0.1) is 10.0 Å². The fourth-order valence-corrected chi connectivity index (χ4v) is 2.85. The molecule has 1 aliphatic heterocycles. The molecule has 0 aromatic carbocycles. The van der Waals surface area contributed by atoms with Gasteiger partial charge in [0.25, 0.3) is 0 Å². The highest BCUT2D eigenvalue weighted by molar-refractivity contribution is 6.35. The molecule has 7 heteroatoms. The number of rotatable bonds is 5. The van der Waals surface area contributed by atoms with Gasteiger partial charge in [-0.05, 0) is 18.9 Å². The number of nitrogens with one attached hydrogen (secondary N) is 2. The van der Waals surface area contributed by atoms with Crippen molar-refractivity contribution in [3.05, 3.63) is 22.3 Å². The van der Waals surface area contributed by atoms with E-state index in [9.17, 15) is 4.79 Å². The zero-order chi connectivity index (χ0) is 15.2. The summed E-state index contributed by atoms with van der Waals surface area (Å²) in [5, 5.41) is 7.72. The molecule has 2 rings (SSSR count). The third kappa shape index (κ3) is 5.02. The molecule has 0 unspecified atom stereocenters. The van der Waals surface area contributed by atoms with Crippen LogP contribution in [-0.4, -0.2) is 48.0 Å². The average Bonchev–Trinajstić information content (AvgIpc) is 2.46. The number of hydrogen-bond donors (Lipinski definition) is 2. The molecule has 1 saturated heterocycles. The Morgan fingerprint density at radius 1 is 1.38 bits per heavy atom. The average molecular weight is 331 g/mol. The second-order valence-electron chi connectivity index (χ2n) is 5.15. The number of anilines is 1. The Kier molecular flexibility index (Phi) is 6.08. The zero-order valence-corrected chi connectivity index (χ0v) is 13.5. The molecule has 1 amide bonds. The first-order valence-electron chi connectivity index (χ1n) is 7.10. The van der Waals surface area contributed by atoms with Crippen LogP contribution in [0, 0.1) is 0 Å². The van der Waals surface area contributed by atoms with Gasteiger partial charge >= 0.3 is 0 Å². The maximum Gasteiger partial charge on any atom is 0.219 e. The summed E-state index contributed by atoms with van der Waals surface area (Å²) in [6.45, 7) is 4.86. The molecule has 1 fully saturated rings. The number of halogens is 2. The first kappa shape index (κ1) is 16.3. The van der Waals surface area contributed by atoms with Crippen molar-refractivity contribution in [2.45, 2.75) is 25.8 Å². The van der Waals surface area contributed by atoms with Crippen LogP contribution in [0.25, 0.3) is 0 Å². The Labute approximate surface area is 135 Å². The van der Waals surface area contributed by atoms with Crippen LogP contribution in [0.1, 0.15) is 19.8 Å². The summed E-state index contributed by atoms with van der Waals surface area (Å²) in [5.74, 6) is 0.813. The Morgan fingerprint density at radius 2 is 2.10 bits per heavy atom. The van der Waals surface area contributed by atoms with Gasteiger partial charge in [-0.25, -0.2) is 4.98 Å². The summed E-state index contributed by atoms with van der Waals surface area (Å²) in [5.41, 5.74) is 0. The third-order valence-electron chi connectivity index (χ3n) is 3.60. The van der Waals surface area contributed by atoms with Crippen molar-refractivity contribution in [1.82, 2.24) is 15.2 Å². The van der Waals surface area contributed by atoms with Crippen LogP contribution in [0.5, 0.6) is 0 Å². The number of piperidine rings is 1. The van der Waals surface area contributed by atoms with E-state index in [4.69, 9.17) is 23.2 Å². The van der Waals surface area contributed by atoms with Crippen LogP contribution in [0.2, 0.25) is 10.0 Å². The van der Waals surface area contributed by atoms with E-state index in [0.29, 0.717) is 21.9 Å². The Balaban J connectivity index is 1.65. The van der Waals surface area contributed by atoms with Gasteiger partial charge in [-0.3, -0.25) is 4.79 Å². The standard InChI is InChI=1S/C14H20Cl2N4O/c1-10(21)20-6-2-12(3-7-20)17-4-5-18-14-13(16)8-11(15)9-19-14/h8-9,12,17H,2-7H2,1H3,(H,18,19). The second kappa shape index (κ2) is 7.82. The maximum absolute atomic E-state index is 11.2. The molecule has 5 nitrogen and oxygen atoms in total. The van der Waals surface area contributed by atoms with E-state index < -0.39 is 0 Å². The van der Waals surface area contributed by atoms with Crippen molar-refractivity contribution < 1.29 is 4.79 Å². The van der Waals surface area contributed by atoms with Gasteiger partial charge in [-0.1, -0.05) is 23.2 Å². The summed E-state index contributed by atoms with van der Waals surface area (Å²) in [7, 11) is 0. The van der Waals surface area contributed by atoms with Gasteiger partial charge < -0.3 is 15.5 Å². The molecule has 0 aliphatic carbocycles. The number of aromatic nitrogens is 1. The van der Waals surface area contributed by atoms with Crippen molar-refractivity contribution in [3.8, 4) is 0 Å². The highest BCUT2D eigenvalue weighted by atomic mass is 35.5. The van der Waals surface area contributed by atoms with Crippen LogP contribution < -0.4 is 10.6 Å². The second-order valence-corrected chi connectivity index (χ2v) is 5.99. The number of nitrogens with zero attached hydrogens (tertiary/aromatic N) is 2. The molecule has 0 saturated carbocycles. The van der Waals surface area contributed by atoms with Crippen LogP contribution in [0.15, 0.2) is 12.3 Å². The minimum atomic E-state index is 0.165. The molecule has 1 aromatic rings. The van der Waals surface area contributed by atoms with Gasteiger partial charge in [0.1, 0.15) is 5.82 Å². The molecular formula is C14H20Cl2N4O. The maximum atomic E-state index is 11.2. The van der Waals surface area contributed by atoms with Crippen molar-refractivity contribution in [1.29, 1.82) is 0 Å². The van der Waals surface area contributed by atoms with E-state index in [-0.39, 0.29) is 5.91 Å². The van der Waals surface area contributed by atoms with E-state index in [2.05, 4.69) is 15.6 Å². The zero-order valence-electron chi connectivity index (χ0n) is 12.0. The predicted octanol–water partition coefficient (Wildman–Crippen LogP) is 2.40. The van der Waals surface area contributed by atoms with Crippen molar-refractivity contribution in [2.75, 3.05) is 31.5 Å². The highest BCUT2D eigenvalue weighted by Gasteiger charge is 2.19. The minimum Gasteiger partial charge on any atom is -0.368 e. The first-order chi connectivity index (χ1) is 10.1. The van der Waals surface area contributed by atoms with Crippen LogP contribution in [-0.2, 0) is 4.79 Å². The molecule has 0 radical (unpaired) electrons. The summed E-state index contributed by atoms with van der Waals surface area (Å²) in [4.78, 5) is 17.3. The monoisotopic (exact) mass is 330 g/mol. The summed E-state index contributed by atoms with van der Waals surface area (Å²) in [6.07, 6.45) is 3.57. The fourth-order valence-electron chi connectivity index (χ4n) is 2.40. The quantitative estimate of drug-likeness (QED) is 0.814. The Hall–Kier alpha value is -1.04. The van der Waals surface area contributed by atoms with Crippen LogP contribution in [0.3, 0.4) is 0 Å². The SMILES string of the molecule is CC(=O)N1CCC(NCCNc2ncc(Cl)cc2Cl)CC1. The Morgan fingerprint density at radius 3 is 2.71 bits per heavy atom. The van der Waals surface area contributed by atoms with Gasteiger partial charge in [-0.2, -0.15) is 0 Å². The summed E-state index contributed by atoms with van der Waals surface area (Å²) < 4.78 is 0. The summed E-state index contributed by atoms with van der Waals surface area (Å²) >= 11 is 11.8. The van der Waals surface area contributed by atoms with Crippen LogP contribution >= 0.6 is 23.2 Å². The Bertz CT molecular complexity index is 490. The number of carbonyl (C=O) groups is 1. The molecule has 1 aromatic heterocycles. The van der Waals surface area contributed by atoms with E-state index in [1.54, 1.807) is 19.2 Å². The molecule has 116 valence electrons. The van der Waals surface area contributed by atoms with Crippen molar-refractivity contribution in [2.24, 2.45) is 0 Å². The molecule has 1 aliphatic rings. The van der Waals surface area contributed by atoms with Crippen molar-refractivity contribution in [3.63, 3.8) is 0 Å². The van der Waals surface area contributed by atoms with Gasteiger partial charge in [0.2, 0.25) is 5.91 Å². The summed E-state index contributed by atoms with van der Waals surface area (Å²) in [6, 6.07) is 2.14. The molecule has 0 spiro atoms. The number of amides is 1. The minimum absolute atomic E-state index is 0.165. The number of hydrogen-bond acceptors (Lipinski definition) is 4. The smallest absolute Gasteiger partial charge is 0.219 e. The number of likely N-dealkylation sites (tertiary alicyclic amines) is 1. The van der Waals surface area contributed by atoms with E-state index >= 15 is 0 Å². The molecule has 2 N–H and O–H groups in total. The molecule has 2 heterocycles. The van der Waals surface area contributed by atoms with Gasteiger partial charge in [-0.15, -0.1) is 0 Å². The number of pyridine rings is 1. The largest absolute Gasteiger partial charge is 0.368 e. The van der Waals surface area contributed by atoms with E-state index in [1.165, 1.54) is 0 Å². The highest BCUT2D eigenvalue weighted by Crippen LogP contribution is 2.22. The number of carbonyl (C=O) groups excluding carboxylic acids is 1. The fraction of sp³-hybridized carbons (Fsp3) is 0.571. The van der Waals surface area contributed by atoms with E-state index in [0.717, 1.165) is 39.0 Å². The van der Waals surface area contributed by atoms with Gasteiger partial charge in [0, 0.05) is 45.3 Å². The van der Waals surface area contributed by atoms with Crippen LogP contribution in [0.4, 0.5) is 5.82 Å². The molecular weight excluding hydrogens is 311 g/mol. The lowest BCUT2D eigenvalue weighted by atomic mass is 10.1. The first-order valence-corrected chi connectivity index (χ1v) is 7.85. The predicted molar refractivity (Wildman–Crippen MR) is 86.0 cm³/mol. The topological polar surface area (TPSA) is 57.3 Å². The van der Waals surface area contributed by atoms with Crippen molar-refractivity contribution >= 4 is 34.9 Å². The van der Waals surface area contributed by atoms with E-state index in [1.807, 2.05) is 4.90 Å². The third-order valence-corrected chi connectivity index (χ3v) is 4.09. The molecule has 0 bridgehead atoms. The lowest BCUT2D eigenvalue weighted by Crippen LogP contribution is -2.45. The molecule has 0 atom stereocenters. The lowest BCUT2D eigenvalue weighted by molar-refractivity contribution is -0.129. The van der Waals surface area contributed by atoms with Gasteiger partial charge in [0.15, 0.2) is 0 Å². The normalized spacial score (nSPS) is 16.0. The lowest BCUT2D eigenvalue weighted by Gasteiger charge is -2.31.